The number of hydrogen-bond acceptors (Lipinski definition) is 5. The van der Waals surface area contributed by atoms with Crippen molar-refractivity contribution in [3.05, 3.63) is 65.5 Å². The number of nitrogens with one attached hydrogen (secondary N) is 1. The van der Waals surface area contributed by atoms with Crippen LogP contribution in [0.1, 0.15) is 23.5 Å². The Morgan fingerprint density at radius 3 is 2.60 bits per heavy atom. The fraction of sp³-hybridized carbons (Fsp3) is 0.364. The molecule has 0 amide bonds. The lowest BCUT2D eigenvalue weighted by atomic mass is 9.96. The van der Waals surface area contributed by atoms with Gasteiger partial charge in [-0.25, -0.2) is 13.5 Å². The molecule has 0 bridgehead atoms. The van der Waals surface area contributed by atoms with Gasteiger partial charge in [0.15, 0.2) is 0 Å². The lowest BCUT2D eigenvalue weighted by Crippen LogP contribution is -2.47. The zero-order valence-corrected chi connectivity index (χ0v) is 16.7. The molecule has 1 aromatic heterocycles. The van der Waals surface area contributed by atoms with Gasteiger partial charge in [-0.3, -0.25) is 4.90 Å². The van der Waals surface area contributed by atoms with Crippen molar-refractivity contribution in [3.8, 4) is 5.69 Å². The first-order valence-electron chi connectivity index (χ1n) is 10.1. The molecule has 0 radical (unpaired) electrons. The number of rotatable bonds is 5. The van der Waals surface area contributed by atoms with Gasteiger partial charge in [-0.05, 0) is 61.2 Å². The molecule has 2 fully saturated rings. The molecule has 156 valence electrons. The highest BCUT2D eigenvalue weighted by atomic mass is 19.1. The number of benzene rings is 2. The van der Waals surface area contributed by atoms with Gasteiger partial charge in [-0.15, -0.1) is 5.10 Å². The molecule has 8 heteroatoms. The van der Waals surface area contributed by atoms with E-state index in [-0.39, 0.29) is 5.69 Å². The van der Waals surface area contributed by atoms with Crippen LogP contribution in [0.5, 0.6) is 0 Å². The van der Waals surface area contributed by atoms with Crippen molar-refractivity contribution in [1.82, 2.24) is 19.7 Å². The van der Waals surface area contributed by atoms with E-state index in [1.54, 1.807) is 0 Å². The maximum atomic E-state index is 13.5. The maximum absolute atomic E-state index is 13.5. The van der Waals surface area contributed by atoms with E-state index < -0.39 is 11.6 Å². The van der Waals surface area contributed by atoms with E-state index in [4.69, 9.17) is 4.74 Å². The number of halogens is 2. The first kappa shape index (κ1) is 19.1. The molecule has 6 nitrogen and oxygen atoms in total. The fourth-order valence-electron chi connectivity index (χ4n) is 4.19. The van der Waals surface area contributed by atoms with Gasteiger partial charge >= 0.3 is 0 Å². The minimum absolute atomic E-state index is 0.281. The van der Waals surface area contributed by atoms with Crippen LogP contribution in [0.25, 0.3) is 5.69 Å². The van der Waals surface area contributed by atoms with Crippen molar-refractivity contribution in [2.45, 2.75) is 25.3 Å². The van der Waals surface area contributed by atoms with Crippen LogP contribution in [0, 0.1) is 18.6 Å². The summed E-state index contributed by atoms with van der Waals surface area (Å²) in [6.07, 6.45) is 2.57. The van der Waals surface area contributed by atoms with Crippen molar-refractivity contribution >= 4 is 11.6 Å². The lowest BCUT2D eigenvalue weighted by Gasteiger charge is -2.34. The van der Waals surface area contributed by atoms with Crippen LogP contribution < -0.4 is 5.32 Å². The van der Waals surface area contributed by atoms with E-state index in [2.05, 4.69) is 39.4 Å². The second-order valence-corrected chi connectivity index (χ2v) is 8.07. The van der Waals surface area contributed by atoms with Crippen LogP contribution in [0.4, 0.5) is 20.4 Å². The molecule has 3 aromatic rings. The third-order valence-electron chi connectivity index (χ3n) is 5.79. The van der Waals surface area contributed by atoms with Crippen molar-refractivity contribution in [2.24, 2.45) is 0 Å². The number of nitrogens with zero attached hydrogens (tertiary/aromatic N) is 4. The first-order chi connectivity index (χ1) is 14.5. The van der Waals surface area contributed by atoms with Gasteiger partial charge in [0.25, 0.3) is 0 Å². The van der Waals surface area contributed by atoms with Gasteiger partial charge in [0.05, 0.1) is 24.9 Å². The second kappa shape index (κ2) is 7.77. The molecule has 0 spiro atoms. The topological polar surface area (TPSA) is 55.2 Å². The largest absolute Gasteiger partial charge is 0.378 e. The Balaban J connectivity index is 1.32. The SMILES string of the molecule is Cc1cc(Nc2ncn(-c3cc(F)cc(F)c3)n2)cc([C@H]2CCN(C3COC3)C2)c1. The van der Waals surface area contributed by atoms with Gasteiger partial charge in [0, 0.05) is 18.3 Å². The molecule has 2 aromatic carbocycles. The monoisotopic (exact) mass is 411 g/mol. The highest BCUT2D eigenvalue weighted by molar-refractivity contribution is 5.56. The van der Waals surface area contributed by atoms with Crippen molar-refractivity contribution < 1.29 is 13.5 Å². The number of aromatic nitrogens is 3. The fourth-order valence-corrected chi connectivity index (χ4v) is 4.19. The standard InChI is InChI=1S/C22H23F2N5O/c1-14-4-16(15-2-3-28(10-15)21-11-30-12-21)6-19(5-14)26-22-25-13-29(27-22)20-8-17(23)7-18(24)9-20/h4-9,13,15,21H,2-3,10-12H2,1H3,(H,26,27)/t15-/m0/s1. The summed E-state index contributed by atoms with van der Waals surface area (Å²) < 4.78 is 33.6. The van der Waals surface area contributed by atoms with Crippen LogP contribution in [-0.4, -0.2) is 52.0 Å². The normalized spacial score (nSPS) is 19.8. The van der Waals surface area contributed by atoms with Crippen LogP contribution in [0.15, 0.2) is 42.7 Å². The lowest BCUT2D eigenvalue weighted by molar-refractivity contribution is -0.0573. The molecule has 30 heavy (non-hydrogen) atoms. The van der Waals surface area contributed by atoms with Crippen molar-refractivity contribution in [2.75, 3.05) is 31.6 Å². The summed E-state index contributed by atoms with van der Waals surface area (Å²) in [7, 11) is 0. The molecule has 3 heterocycles. The quantitative estimate of drug-likeness (QED) is 0.693. The van der Waals surface area contributed by atoms with Crippen LogP contribution in [-0.2, 0) is 4.74 Å². The van der Waals surface area contributed by atoms with Crippen LogP contribution in [0.2, 0.25) is 0 Å². The Kier molecular flexibility index (Phi) is 4.96. The highest BCUT2D eigenvalue weighted by Gasteiger charge is 2.33. The summed E-state index contributed by atoms with van der Waals surface area (Å²) in [5.74, 6) is -0.447. The third-order valence-corrected chi connectivity index (χ3v) is 5.79. The van der Waals surface area contributed by atoms with Gasteiger partial charge in [-0.1, -0.05) is 6.07 Å². The predicted molar refractivity (Wildman–Crippen MR) is 109 cm³/mol. The number of hydrogen-bond donors (Lipinski definition) is 1. The Morgan fingerprint density at radius 2 is 1.87 bits per heavy atom. The van der Waals surface area contributed by atoms with Crippen molar-refractivity contribution in [3.63, 3.8) is 0 Å². The summed E-state index contributed by atoms with van der Waals surface area (Å²) >= 11 is 0. The molecular formula is C22H23F2N5O. The summed E-state index contributed by atoms with van der Waals surface area (Å²) in [6.45, 7) is 5.91. The zero-order valence-electron chi connectivity index (χ0n) is 16.7. The van der Waals surface area contributed by atoms with Crippen molar-refractivity contribution in [1.29, 1.82) is 0 Å². The molecule has 0 saturated carbocycles. The maximum Gasteiger partial charge on any atom is 0.246 e. The molecule has 2 aliphatic rings. The Hall–Kier alpha value is -2.84. The molecular weight excluding hydrogens is 388 g/mol. The van der Waals surface area contributed by atoms with Crippen LogP contribution >= 0.6 is 0 Å². The van der Waals surface area contributed by atoms with Gasteiger partial charge < -0.3 is 10.1 Å². The minimum atomic E-state index is -0.655. The minimum Gasteiger partial charge on any atom is -0.378 e. The Morgan fingerprint density at radius 1 is 1.07 bits per heavy atom. The number of aryl methyl sites for hydroxylation is 1. The molecule has 5 rings (SSSR count). The molecule has 1 atom stereocenters. The van der Waals surface area contributed by atoms with E-state index in [0.717, 1.165) is 50.0 Å². The second-order valence-electron chi connectivity index (χ2n) is 8.07. The van der Waals surface area contributed by atoms with Gasteiger partial charge in [0.2, 0.25) is 5.95 Å². The first-order valence-corrected chi connectivity index (χ1v) is 10.1. The molecule has 0 aliphatic carbocycles. The van der Waals surface area contributed by atoms with Gasteiger partial charge in [0.1, 0.15) is 18.0 Å². The average Bonchev–Trinajstić information content (AvgIpc) is 3.29. The highest BCUT2D eigenvalue weighted by Crippen LogP contribution is 2.32. The third kappa shape index (κ3) is 3.93. The summed E-state index contributed by atoms with van der Waals surface area (Å²) in [5.41, 5.74) is 3.64. The number of anilines is 2. The molecule has 1 N–H and O–H groups in total. The van der Waals surface area contributed by atoms with E-state index >= 15 is 0 Å². The smallest absolute Gasteiger partial charge is 0.246 e. The zero-order chi connectivity index (χ0) is 20.7. The number of likely N-dealkylation sites (tertiary alicyclic amines) is 1. The Labute approximate surface area is 173 Å². The summed E-state index contributed by atoms with van der Waals surface area (Å²) in [4.78, 5) is 6.75. The molecule has 2 aliphatic heterocycles. The van der Waals surface area contributed by atoms with E-state index in [9.17, 15) is 8.78 Å². The van der Waals surface area contributed by atoms with Crippen LogP contribution in [0.3, 0.4) is 0 Å². The van der Waals surface area contributed by atoms with E-state index in [1.807, 2.05) is 6.07 Å². The van der Waals surface area contributed by atoms with E-state index in [1.165, 1.54) is 28.7 Å². The Bertz CT molecular complexity index is 1050. The van der Waals surface area contributed by atoms with Gasteiger partial charge in [-0.2, -0.15) is 4.98 Å². The predicted octanol–water partition coefficient (Wildman–Crippen LogP) is 3.79. The average molecular weight is 411 g/mol. The number of ether oxygens (including phenoxy) is 1. The molecule has 0 unspecified atom stereocenters. The summed E-state index contributed by atoms with van der Waals surface area (Å²) in [6, 6.07) is 10.2. The summed E-state index contributed by atoms with van der Waals surface area (Å²) in [5, 5.41) is 7.53. The van der Waals surface area contributed by atoms with E-state index in [0.29, 0.717) is 17.9 Å². The molecule has 2 saturated heterocycles.